The van der Waals surface area contributed by atoms with E-state index in [4.69, 9.17) is 11.5 Å². The number of aliphatic hydroxyl groups is 1. The molecule has 0 heterocycles. The molecule has 0 fully saturated rings. The molecule has 0 aliphatic carbocycles. The lowest BCUT2D eigenvalue weighted by molar-refractivity contribution is -0.125. The van der Waals surface area contributed by atoms with Gasteiger partial charge in [0.1, 0.15) is 0 Å². The molecular formula is C18H36N6O5. The lowest BCUT2D eigenvalue weighted by atomic mass is 10.2. The topological polar surface area (TPSA) is 189 Å². The highest BCUT2D eigenvalue weighted by Gasteiger charge is 2.05. The van der Waals surface area contributed by atoms with Gasteiger partial charge in [0.2, 0.25) is 23.6 Å². The van der Waals surface area contributed by atoms with Crippen LogP contribution in [0.25, 0.3) is 0 Å². The number of aliphatic hydroxyl groups excluding tert-OH is 1. The average Bonchev–Trinajstić information content (AvgIpc) is 2.66. The van der Waals surface area contributed by atoms with Crippen molar-refractivity contribution in [3.63, 3.8) is 0 Å². The normalized spacial score (nSPS) is 11.6. The quantitative estimate of drug-likeness (QED) is 0.113. The van der Waals surface area contributed by atoms with Gasteiger partial charge in [0.15, 0.2) is 0 Å². The second-order valence-corrected chi connectivity index (χ2v) is 6.74. The molecule has 11 heteroatoms. The first-order valence-corrected chi connectivity index (χ1v) is 10.0. The lowest BCUT2D eigenvalue weighted by Gasteiger charge is -2.13. The van der Waals surface area contributed by atoms with Gasteiger partial charge in [0.05, 0.1) is 6.10 Å². The van der Waals surface area contributed by atoms with E-state index in [-0.39, 0.29) is 37.5 Å². The molecule has 9 N–H and O–H groups in total. The zero-order valence-electron chi connectivity index (χ0n) is 17.0. The SMILES string of the molecule is NC(=O)CCC(=O)NCCCNCCC(O)CNCCCNC(=O)CCC(N)=O. The van der Waals surface area contributed by atoms with E-state index in [2.05, 4.69) is 21.3 Å². The minimum atomic E-state index is -0.492. The summed E-state index contributed by atoms with van der Waals surface area (Å²) in [7, 11) is 0. The van der Waals surface area contributed by atoms with Crippen LogP contribution in [0.2, 0.25) is 0 Å². The monoisotopic (exact) mass is 416 g/mol. The van der Waals surface area contributed by atoms with Crippen LogP contribution in [-0.2, 0) is 19.2 Å². The van der Waals surface area contributed by atoms with Crippen LogP contribution in [-0.4, -0.2) is 74.1 Å². The number of nitrogens with one attached hydrogen (secondary N) is 4. The van der Waals surface area contributed by atoms with E-state index < -0.39 is 17.9 Å². The van der Waals surface area contributed by atoms with Gasteiger partial charge < -0.3 is 37.8 Å². The Kier molecular flexibility index (Phi) is 16.5. The van der Waals surface area contributed by atoms with E-state index in [9.17, 15) is 24.3 Å². The Morgan fingerprint density at radius 3 is 1.66 bits per heavy atom. The summed E-state index contributed by atoms with van der Waals surface area (Å²) in [6.07, 6.45) is 1.93. The molecule has 4 amide bonds. The Labute approximate surface area is 171 Å². The second-order valence-electron chi connectivity index (χ2n) is 6.74. The van der Waals surface area contributed by atoms with Crippen molar-refractivity contribution >= 4 is 23.6 Å². The summed E-state index contributed by atoms with van der Waals surface area (Å²) in [5, 5.41) is 21.6. The predicted molar refractivity (Wildman–Crippen MR) is 108 cm³/mol. The Morgan fingerprint density at radius 1 is 0.690 bits per heavy atom. The van der Waals surface area contributed by atoms with Crippen LogP contribution in [0.5, 0.6) is 0 Å². The van der Waals surface area contributed by atoms with Crippen molar-refractivity contribution < 1.29 is 24.3 Å². The molecule has 0 aromatic heterocycles. The maximum absolute atomic E-state index is 11.4. The molecule has 1 unspecified atom stereocenters. The summed E-state index contributed by atoms with van der Waals surface area (Å²) >= 11 is 0. The molecule has 0 aliphatic heterocycles. The zero-order chi connectivity index (χ0) is 21.9. The first-order chi connectivity index (χ1) is 13.8. The minimum absolute atomic E-state index is 0.0515. The lowest BCUT2D eigenvalue weighted by Crippen LogP contribution is -2.33. The third kappa shape index (κ3) is 20.3. The van der Waals surface area contributed by atoms with E-state index in [0.29, 0.717) is 45.7 Å². The van der Waals surface area contributed by atoms with Crippen LogP contribution >= 0.6 is 0 Å². The Hall–Kier alpha value is -2.24. The van der Waals surface area contributed by atoms with Gasteiger partial charge in [-0.2, -0.15) is 0 Å². The molecule has 29 heavy (non-hydrogen) atoms. The van der Waals surface area contributed by atoms with Crippen LogP contribution in [0.3, 0.4) is 0 Å². The Morgan fingerprint density at radius 2 is 1.17 bits per heavy atom. The van der Waals surface area contributed by atoms with Crippen LogP contribution in [0.15, 0.2) is 0 Å². The van der Waals surface area contributed by atoms with E-state index in [0.717, 1.165) is 12.8 Å². The number of amides is 4. The van der Waals surface area contributed by atoms with Crippen molar-refractivity contribution in [2.75, 3.05) is 39.3 Å². The maximum atomic E-state index is 11.4. The fraction of sp³-hybridized carbons (Fsp3) is 0.778. The highest BCUT2D eigenvalue weighted by atomic mass is 16.3. The van der Waals surface area contributed by atoms with Gasteiger partial charge in [-0.25, -0.2) is 0 Å². The Balaban J connectivity index is 3.39. The molecular weight excluding hydrogens is 380 g/mol. The molecule has 1 atom stereocenters. The van der Waals surface area contributed by atoms with Crippen molar-refractivity contribution in [2.45, 2.75) is 51.0 Å². The summed E-state index contributed by atoms with van der Waals surface area (Å²) in [6, 6.07) is 0. The average molecular weight is 417 g/mol. The van der Waals surface area contributed by atoms with Crippen molar-refractivity contribution in [2.24, 2.45) is 11.5 Å². The largest absolute Gasteiger partial charge is 0.392 e. The van der Waals surface area contributed by atoms with Gasteiger partial charge in [0.25, 0.3) is 0 Å². The molecule has 0 aromatic rings. The summed E-state index contributed by atoms with van der Waals surface area (Å²) in [4.78, 5) is 43.9. The zero-order valence-corrected chi connectivity index (χ0v) is 17.0. The van der Waals surface area contributed by atoms with Crippen LogP contribution in [0.1, 0.15) is 44.9 Å². The summed E-state index contributed by atoms with van der Waals surface area (Å²) < 4.78 is 0. The number of carbonyl (C=O) groups excluding carboxylic acids is 4. The van der Waals surface area contributed by atoms with Crippen LogP contribution in [0, 0.1) is 0 Å². The highest BCUT2D eigenvalue weighted by Crippen LogP contribution is 1.90. The van der Waals surface area contributed by atoms with Gasteiger partial charge in [-0.1, -0.05) is 0 Å². The third-order valence-electron chi connectivity index (χ3n) is 3.94. The van der Waals surface area contributed by atoms with E-state index in [1.165, 1.54) is 0 Å². The third-order valence-corrected chi connectivity index (χ3v) is 3.94. The fourth-order valence-corrected chi connectivity index (χ4v) is 2.30. The molecule has 0 spiro atoms. The van der Waals surface area contributed by atoms with Gasteiger partial charge in [0, 0.05) is 45.3 Å². The second kappa shape index (κ2) is 17.8. The van der Waals surface area contributed by atoms with Crippen LogP contribution < -0.4 is 32.7 Å². The van der Waals surface area contributed by atoms with Crippen molar-refractivity contribution in [1.82, 2.24) is 21.3 Å². The van der Waals surface area contributed by atoms with Crippen molar-refractivity contribution in [3.8, 4) is 0 Å². The number of hydrogen-bond acceptors (Lipinski definition) is 7. The first kappa shape index (κ1) is 26.8. The predicted octanol–water partition coefficient (Wildman–Crippen LogP) is -2.54. The number of primary amides is 2. The minimum Gasteiger partial charge on any atom is -0.392 e. The Bertz CT molecular complexity index is 503. The molecule has 0 radical (unpaired) electrons. The number of hydrogen-bond donors (Lipinski definition) is 7. The smallest absolute Gasteiger partial charge is 0.220 e. The van der Waals surface area contributed by atoms with Gasteiger partial charge in [-0.05, 0) is 38.9 Å². The molecule has 11 nitrogen and oxygen atoms in total. The fourth-order valence-electron chi connectivity index (χ4n) is 2.30. The molecule has 0 bridgehead atoms. The number of rotatable bonds is 19. The maximum Gasteiger partial charge on any atom is 0.220 e. The van der Waals surface area contributed by atoms with E-state index in [1.807, 2.05) is 0 Å². The summed E-state index contributed by atoms with van der Waals surface area (Å²) in [5.74, 6) is -1.36. The van der Waals surface area contributed by atoms with Crippen LogP contribution in [0.4, 0.5) is 0 Å². The van der Waals surface area contributed by atoms with E-state index in [1.54, 1.807) is 0 Å². The number of carbonyl (C=O) groups is 4. The van der Waals surface area contributed by atoms with Gasteiger partial charge in [-0.15, -0.1) is 0 Å². The molecule has 0 rings (SSSR count). The molecule has 168 valence electrons. The highest BCUT2D eigenvalue weighted by molar-refractivity contribution is 5.83. The first-order valence-electron chi connectivity index (χ1n) is 10.0. The summed E-state index contributed by atoms with van der Waals surface area (Å²) in [6.45, 7) is 3.53. The summed E-state index contributed by atoms with van der Waals surface area (Å²) in [5.41, 5.74) is 9.95. The molecule has 0 aromatic carbocycles. The molecule has 0 saturated heterocycles. The number of nitrogens with two attached hydrogens (primary N) is 2. The van der Waals surface area contributed by atoms with Gasteiger partial charge in [-0.3, -0.25) is 19.2 Å². The van der Waals surface area contributed by atoms with E-state index >= 15 is 0 Å². The van der Waals surface area contributed by atoms with Crippen molar-refractivity contribution in [3.05, 3.63) is 0 Å². The van der Waals surface area contributed by atoms with Crippen molar-refractivity contribution in [1.29, 1.82) is 0 Å². The standard InChI is InChI=1S/C18H36N6O5/c19-15(26)3-5-17(28)23-10-1-8-21-12-7-14(25)13-22-9-2-11-24-18(29)6-4-16(20)27/h14,21-22,25H,1-13H2,(H2,19,26)(H2,20,27)(H,23,28)(H,24,29). The molecule has 0 saturated carbocycles. The van der Waals surface area contributed by atoms with Gasteiger partial charge >= 0.3 is 0 Å². The molecule has 0 aliphatic rings.